The summed E-state index contributed by atoms with van der Waals surface area (Å²) in [5.74, 6) is 1.14. The van der Waals surface area contributed by atoms with E-state index in [0.29, 0.717) is 12.3 Å². The molecule has 2 aromatic rings. The molecule has 0 aliphatic heterocycles. The maximum atomic E-state index is 12.2. The maximum Gasteiger partial charge on any atom is 0.237 e. The SMILES string of the molecule is COc1ccccc1-c1ccc(C(C)NC(=O)[C@@H](N)CC(C)C)cc1. The number of rotatable bonds is 7. The fourth-order valence-corrected chi connectivity index (χ4v) is 2.85. The van der Waals surface area contributed by atoms with E-state index in [4.69, 9.17) is 10.5 Å². The van der Waals surface area contributed by atoms with E-state index < -0.39 is 6.04 Å². The summed E-state index contributed by atoms with van der Waals surface area (Å²) >= 11 is 0. The fraction of sp³-hybridized carbons (Fsp3) is 0.381. The molecule has 0 spiro atoms. The molecule has 1 unspecified atom stereocenters. The second-order valence-electron chi connectivity index (χ2n) is 6.79. The first kappa shape index (κ1) is 19.0. The van der Waals surface area contributed by atoms with Crippen LogP contribution in [-0.2, 0) is 4.79 Å². The number of ether oxygens (including phenoxy) is 1. The Hall–Kier alpha value is -2.33. The Morgan fingerprint density at radius 3 is 2.32 bits per heavy atom. The van der Waals surface area contributed by atoms with Gasteiger partial charge in [-0.2, -0.15) is 0 Å². The summed E-state index contributed by atoms with van der Waals surface area (Å²) in [5, 5.41) is 2.99. The Kier molecular flexibility index (Phi) is 6.59. The van der Waals surface area contributed by atoms with Gasteiger partial charge in [0, 0.05) is 5.56 Å². The van der Waals surface area contributed by atoms with E-state index in [1.807, 2.05) is 55.5 Å². The number of para-hydroxylation sites is 1. The first-order chi connectivity index (χ1) is 11.9. The van der Waals surface area contributed by atoms with Gasteiger partial charge in [-0.25, -0.2) is 0 Å². The Labute approximate surface area is 150 Å². The predicted molar refractivity (Wildman–Crippen MR) is 102 cm³/mol. The van der Waals surface area contributed by atoms with Gasteiger partial charge in [0.1, 0.15) is 5.75 Å². The molecular weight excluding hydrogens is 312 g/mol. The van der Waals surface area contributed by atoms with E-state index in [1.54, 1.807) is 7.11 Å². The molecule has 2 rings (SSSR count). The third-order valence-electron chi connectivity index (χ3n) is 4.25. The van der Waals surface area contributed by atoms with Crippen LogP contribution < -0.4 is 15.8 Å². The summed E-state index contributed by atoms with van der Waals surface area (Å²) in [4.78, 5) is 12.2. The van der Waals surface area contributed by atoms with Crippen molar-refractivity contribution in [2.45, 2.75) is 39.3 Å². The van der Waals surface area contributed by atoms with Crippen molar-refractivity contribution in [3.63, 3.8) is 0 Å². The van der Waals surface area contributed by atoms with E-state index in [0.717, 1.165) is 22.4 Å². The lowest BCUT2D eigenvalue weighted by Gasteiger charge is -2.19. The van der Waals surface area contributed by atoms with Crippen LogP contribution in [0.5, 0.6) is 5.75 Å². The minimum Gasteiger partial charge on any atom is -0.496 e. The van der Waals surface area contributed by atoms with Gasteiger partial charge >= 0.3 is 0 Å². The van der Waals surface area contributed by atoms with Crippen molar-refractivity contribution in [2.75, 3.05) is 7.11 Å². The van der Waals surface area contributed by atoms with Crippen molar-refractivity contribution in [3.05, 3.63) is 54.1 Å². The van der Waals surface area contributed by atoms with Gasteiger partial charge in [-0.1, -0.05) is 56.3 Å². The maximum absolute atomic E-state index is 12.2. The van der Waals surface area contributed by atoms with E-state index >= 15 is 0 Å². The van der Waals surface area contributed by atoms with E-state index in [-0.39, 0.29) is 11.9 Å². The number of hydrogen-bond acceptors (Lipinski definition) is 3. The molecule has 0 aliphatic rings. The van der Waals surface area contributed by atoms with Crippen molar-refractivity contribution >= 4 is 5.91 Å². The highest BCUT2D eigenvalue weighted by atomic mass is 16.5. The number of hydrogen-bond donors (Lipinski definition) is 2. The number of benzene rings is 2. The first-order valence-electron chi connectivity index (χ1n) is 8.71. The Bertz CT molecular complexity index is 695. The van der Waals surface area contributed by atoms with Crippen molar-refractivity contribution in [1.29, 1.82) is 0 Å². The Morgan fingerprint density at radius 2 is 1.72 bits per heavy atom. The Balaban J connectivity index is 2.07. The van der Waals surface area contributed by atoms with Gasteiger partial charge in [0.2, 0.25) is 5.91 Å². The standard InChI is InChI=1S/C21H28N2O2/c1-14(2)13-19(22)21(24)23-15(3)16-9-11-17(12-10-16)18-7-5-6-8-20(18)25-4/h5-12,14-15,19H,13,22H2,1-4H3,(H,23,24)/t15?,19-/m0/s1. The largest absolute Gasteiger partial charge is 0.496 e. The molecule has 134 valence electrons. The van der Waals surface area contributed by atoms with Crippen molar-refractivity contribution in [2.24, 2.45) is 11.7 Å². The van der Waals surface area contributed by atoms with Gasteiger partial charge in [0.05, 0.1) is 19.2 Å². The highest BCUT2D eigenvalue weighted by molar-refractivity contribution is 5.82. The average Bonchev–Trinajstić information content (AvgIpc) is 2.61. The lowest BCUT2D eigenvalue weighted by molar-refractivity contribution is -0.123. The molecular formula is C21H28N2O2. The molecule has 3 N–H and O–H groups in total. The zero-order valence-electron chi connectivity index (χ0n) is 15.5. The lowest BCUT2D eigenvalue weighted by atomic mass is 10.00. The van der Waals surface area contributed by atoms with Gasteiger partial charge in [-0.3, -0.25) is 4.79 Å². The summed E-state index contributed by atoms with van der Waals surface area (Å²) in [7, 11) is 1.67. The topological polar surface area (TPSA) is 64.3 Å². The number of nitrogens with two attached hydrogens (primary N) is 1. The third-order valence-corrected chi connectivity index (χ3v) is 4.25. The van der Waals surface area contributed by atoms with E-state index in [1.165, 1.54) is 0 Å². The minimum absolute atomic E-state index is 0.0857. The van der Waals surface area contributed by atoms with Crippen molar-refractivity contribution in [1.82, 2.24) is 5.32 Å². The molecule has 0 saturated carbocycles. The zero-order chi connectivity index (χ0) is 18.4. The van der Waals surface area contributed by atoms with Gasteiger partial charge < -0.3 is 15.8 Å². The second kappa shape index (κ2) is 8.67. The predicted octanol–water partition coefficient (Wildman–Crippen LogP) is 3.91. The average molecular weight is 340 g/mol. The Morgan fingerprint density at radius 1 is 1.08 bits per heavy atom. The molecule has 0 saturated heterocycles. The number of methoxy groups -OCH3 is 1. The number of carbonyl (C=O) groups excluding carboxylic acids is 1. The van der Waals surface area contributed by atoms with Crippen LogP contribution in [0.2, 0.25) is 0 Å². The number of carbonyl (C=O) groups is 1. The smallest absolute Gasteiger partial charge is 0.237 e. The summed E-state index contributed by atoms with van der Waals surface area (Å²) in [6.07, 6.45) is 0.686. The summed E-state index contributed by atoms with van der Waals surface area (Å²) < 4.78 is 5.42. The van der Waals surface area contributed by atoms with Crippen LogP contribution in [0, 0.1) is 5.92 Å². The molecule has 1 amide bonds. The molecule has 0 aromatic heterocycles. The molecule has 25 heavy (non-hydrogen) atoms. The quantitative estimate of drug-likeness (QED) is 0.803. The molecule has 4 heteroatoms. The highest BCUT2D eigenvalue weighted by Crippen LogP contribution is 2.30. The highest BCUT2D eigenvalue weighted by Gasteiger charge is 2.17. The van der Waals surface area contributed by atoms with Crippen LogP contribution >= 0.6 is 0 Å². The third kappa shape index (κ3) is 5.07. The summed E-state index contributed by atoms with van der Waals surface area (Å²) in [6.45, 7) is 6.10. The monoisotopic (exact) mass is 340 g/mol. The molecule has 0 aliphatic carbocycles. The van der Waals surface area contributed by atoms with Crippen LogP contribution in [0.4, 0.5) is 0 Å². The van der Waals surface area contributed by atoms with E-state index in [9.17, 15) is 4.79 Å². The summed E-state index contributed by atoms with van der Waals surface area (Å²) in [6, 6.07) is 15.5. The van der Waals surface area contributed by atoms with Crippen LogP contribution in [0.15, 0.2) is 48.5 Å². The van der Waals surface area contributed by atoms with E-state index in [2.05, 4.69) is 19.2 Å². The van der Waals surface area contributed by atoms with Crippen molar-refractivity contribution in [3.8, 4) is 16.9 Å². The molecule has 0 fully saturated rings. The van der Waals surface area contributed by atoms with Gasteiger partial charge in [-0.15, -0.1) is 0 Å². The number of amides is 1. The molecule has 0 heterocycles. The van der Waals surface area contributed by atoms with Crippen LogP contribution in [0.3, 0.4) is 0 Å². The van der Waals surface area contributed by atoms with Gasteiger partial charge in [0.25, 0.3) is 0 Å². The minimum atomic E-state index is -0.463. The molecule has 0 radical (unpaired) electrons. The molecule has 0 bridgehead atoms. The van der Waals surface area contributed by atoms with Crippen molar-refractivity contribution < 1.29 is 9.53 Å². The summed E-state index contributed by atoms with van der Waals surface area (Å²) in [5.41, 5.74) is 9.12. The van der Waals surface area contributed by atoms with Crippen LogP contribution in [0.1, 0.15) is 38.8 Å². The first-order valence-corrected chi connectivity index (χ1v) is 8.71. The fourth-order valence-electron chi connectivity index (χ4n) is 2.85. The second-order valence-corrected chi connectivity index (χ2v) is 6.79. The van der Waals surface area contributed by atoms with Gasteiger partial charge in [-0.05, 0) is 36.5 Å². The lowest BCUT2D eigenvalue weighted by Crippen LogP contribution is -2.42. The molecule has 4 nitrogen and oxygen atoms in total. The normalized spacial score (nSPS) is 13.4. The van der Waals surface area contributed by atoms with Crippen LogP contribution in [0.25, 0.3) is 11.1 Å². The van der Waals surface area contributed by atoms with Gasteiger partial charge in [0.15, 0.2) is 0 Å². The zero-order valence-corrected chi connectivity index (χ0v) is 15.5. The molecule has 2 atom stereocenters. The molecule has 2 aromatic carbocycles. The number of nitrogens with one attached hydrogen (secondary N) is 1. The van der Waals surface area contributed by atoms with Crippen LogP contribution in [-0.4, -0.2) is 19.1 Å².